The van der Waals surface area contributed by atoms with Gasteiger partial charge in [0.1, 0.15) is 0 Å². The lowest BCUT2D eigenvalue weighted by atomic mass is 10.2. The number of fused-ring (bicyclic) bond motifs is 1. The Balaban J connectivity index is 2.20. The summed E-state index contributed by atoms with van der Waals surface area (Å²) < 4.78 is 0. The fraction of sp³-hybridized carbons (Fsp3) is 0.571. The molecule has 5 nitrogen and oxygen atoms in total. The summed E-state index contributed by atoms with van der Waals surface area (Å²) in [6.07, 6.45) is 0.951. The first-order valence-corrected chi connectivity index (χ1v) is 3.92. The molecule has 0 spiro atoms. The number of carbonyl (C=O) groups is 2. The summed E-state index contributed by atoms with van der Waals surface area (Å²) in [4.78, 5) is 27.4. The minimum atomic E-state index is -0.150. The summed E-state index contributed by atoms with van der Waals surface area (Å²) in [6, 6.07) is 0. The van der Waals surface area contributed by atoms with Gasteiger partial charge < -0.3 is 4.90 Å². The highest BCUT2D eigenvalue weighted by atomic mass is 16.2. The Kier molecular flexibility index (Phi) is 1.56. The predicted molar refractivity (Wildman–Crippen MR) is 41.4 cm³/mol. The molecule has 0 aliphatic carbocycles. The van der Waals surface area contributed by atoms with Crippen LogP contribution >= 0.6 is 0 Å². The lowest BCUT2D eigenvalue weighted by Crippen LogP contribution is -2.53. The molecule has 0 aromatic rings. The Morgan fingerprint density at radius 2 is 2.00 bits per heavy atom. The number of nitrogens with zero attached hydrogens (tertiary/aromatic N) is 2. The van der Waals surface area contributed by atoms with Gasteiger partial charge in [0, 0.05) is 25.9 Å². The van der Waals surface area contributed by atoms with E-state index in [2.05, 4.69) is 10.3 Å². The zero-order valence-electron chi connectivity index (χ0n) is 6.54. The molecule has 0 bridgehead atoms. The van der Waals surface area contributed by atoms with Crippen molar-refractivity contribution in [3.8, 4) is 0 Å². The first-order valence-electron chi connectivity index (χ1n) is 3.92. The maximum Gasteiger partial charge on any atom is 0.250 e. The van der Waals surface area contributed by atoms with Crippen LogP contribution in [-0.2, 0) is 9.59 Å². The summed E-state index contributed by atoms with van der Waals surface area (Å²) in [6.45, 7) is 1.36. The second-order valence-corrected chi connectivity index (χ2v) is 2.86. The molecule has 2 aliphatic heterocycles. The van der Waals surface area contributed by atoms with Crippen molar-refractivity contribution in [3.05, 3.63) is 0 Å². The number of amides is 2. The van der Waals surface area contributed by atoms with Crippen LogP contribution in [0, 0.1) is 0 Å². The molecule has 64 valence electrons. The largest absolute Gasteiger partial charge is 0.341 e. The van der Waals surface area contributed by atoms with Gasteiger partial charge in [-0.05, 0) is 0 Å². The molecule has 0 aromatic carbocycles. The number of aliphatic imine (C=N–C) groups is 1. The van der Waals surface area contributed by atoms with Gasteiger partial charge in [-0.1, -0.05) is 0 Å². The zero-order chi connectivity index (χ0) is 8.55. The Morgan fingerprint density at radius 1 is 1.25 bits per heavy atom. The Morgan fingerprint density at radius 3 is 2.83 bits per heavy atom. The van der Waals surface area contributed by atoms with E-state index in [9.17, 15) is 9.59 Å². The van der Waals surface area contributed by atoms with Crippen molar-refractivity contribution in [1.29, 1.82) is 0 Å². The van der Waals surface area contributed by atoms with E-state index in [0.29, 0.717) is 31.9 Å². The highest BCUT2D eigenvalue weighted by Gasteiger charge is 2.25. The van der Waals surface area contributed by atoms with Gasteiger partial charge in [-0.25, -0.2) is 0 Å². The smallest absolute Gasteiger partial charge is 0.250 e. The molecule has 0 atom stereocenters. The van der Waals surface area contributed by atoms with E-state index in [-0.39, 0.29) is 11.8 Å². The maximum atomic E-state index is 10.9. The second-order valence-electron chi connectivity index (χ2n) is 2.86. The van der Waals surface area contributed by atoms with Crippen LogP contribution in [0.4, 0.5) is 0 Å². The number of hydrogen-bond donors (Lipinski definition) is 1. The number of carbonyl (C=O) groups excluding carboxylic acids is 2. The minimum absolute atomic E-state index is 0.0558. The number of guanidine groups is 1. The molecule has 1 saturated heterocycles. The van der Waals surface area contributed by atoms with Crippen LogP contribution in [0.3, 0.4) is 0 Å². The van der Waals surface area contributed by atoms with Gasteiger partial charge in [-0.2, -0.15) is 4.99 Å². The number of rotatable bonds is 0. The molecule has 0 aromatic heterocycles. The molecular weight excluding hydrogens is 158 g/mol. The summed E-state index contributed by atoms with van der Waals surface area (Å²) in [7, 11) is 0. The van der Waals surface area contributed by atoms with Crippen LogP contribution < -0.4 is 5.32 Å². The van der Waals surface area contributed by atoms with E-state index in [1.54, 1.807) is 0 Å². The maximum absolute atomic E-state index is 10.9. The van der Waals surface area contributed by atoms with E-state index in [1.165, 1.54) is 0 Å². The zero-order valence-corrected chi connectivity index (χ0v) is 6.54. The van der Waals surface area contributed by atoms with E-state index < -0.39 is 0 Å². The molecule has 1 fully saturated rings. The third-order valence-electron chi connectivity index (χ3n) is 1.99. The van der Waals surface area contributed by atoms with Crippen molar-refractivity contribution in [2.45, 2.75) is 12.8 Å². The molecule has 12 heavy (non-hydrogen) atoms. The van der Waals surface area contributed by atoms with Gasteiger partial charge in [0.15, 0.2) is 0 Å². The first-order chi connectivity index (χ1) is 5.75. The van der Waals surface area contributed by atoms with Gasteiger partial charge >= 0.3 is 0 Å². The highest BCUT2D eigenvalue weighted by molar-refractivity contribution is 6.05. The first kappa shape index (κ1) is 7.27. The number of hydrogen-bond acceptors (Lipinski definition) is 3. The normalized spacial score (nSPS) is 23.0. The fourth-order valence-electron chi connectivity index (χ4n) is 1.33. The Labute approximate surface area is 69.4 Å². The lowest BCUT2D eigenvalue weighted by molar-refractivity contribution is -0.121. The topological polar surface area (TPSA) is 61.8 Å². The van der Waals surface area contributed by atoms with Gasteiger partial charge in [0.2, 0.25) is 11.9 Å². The fourth-order valence-corrected chi connectivity index (χ4v) is 1.33. The van der Waals surface area contributed by atoms with Crippen LogP contribution in [-0.4, -0.2) is 35.8 Å². The molecule has 2 rings (SSSR count). The van der Waals surface area contributed by atoms with Crippen molar-refractivity contribution in [2.24, 2.45) is 4.99 Å². The van der Waals surface area contributed by atoms with Crippen molar-refractivity contribution >= 4 is 17.8 Å². The quantitative estimate of drug-likeness (QED) is 0.508. The van der Waals surface area contributed by atoms with Gasteiger partial charge in [-0.3, -0.25) is 14.9 Å². The van der Waals surface area contributed by atoms with Crippen molar-refractivity contribution in [1.82, 2.24) is 10.2 Å². The molecule has 2 heterocycles. The molecular formula is C7H9N3O2. The molecule has 2 amide bonds. The van der Waals surface area contributed by atoms with Crippen molar-refractivity contribution < 1.29 is 9.59 Å². The average molecular weight is 167 g/mol. The summed E-state index contributed by atoms with van der Waals surface area (Å²) >= 11 is 0. The van der Waals surface area contributed by atoms with Crippen LogP contribution in [0.25, 0.3) is 0 Å². The van der Waals surface area contributed by atoms with Crippen molar-refractivity contribution in [3.63, 3.8) is 0 Å². The third kappa shape index (κ3) is 1.17. The summed E-state index contributed by atoms with van der Waals surface area (Å²) in [5.74, 6) is 0.227. The monoisotopic (exact) mass is 167 g/mol. The third-order valence-corrected chi connectivity index (χ3v) is 1.99. The minimum Gasteiger partial charge on any atom is -0.341 e. The Hall–Kier alpha value is -1.39. The molecule has 0 saturated carbocycles. The van der Waals surface area contributed by atoms with Crippen LogP contribution in [0.2, 0.25) is 0 Å². The van der Waals surface area contributed by atoms with Crippen molar-refractivity contribution in [2.75, 3.05) is 13.1 Å². The van der Waals surface area contributed by atoms with Crippen LogP contribution in [0.15, 0.2) is 4.99 Å². The summed E-state index contributed by atoms with van der Waals surface area (Å²) in [5, 5.41) is 2.56. The van der Waals surface area contributed by atoms with Crippen LogP contribution in [0.1, 0.15) is 12.8 Å². The molecule has 1 N–H and O–H groups in total. The number of nitrogens with one attached hydrogen (secondary N) is 1. The molecule has 5 heteroatoms. The Bertz CT molecular complexity index is 272. The van der Waals surface area contributed by atoms with Gasteiger partial charge in [-0.15, -0.1) is 0 Å². The lowest BCUT2D eigenvalue weighted by Gasteiger charge is -2.31. The summed E-state index contributed by atoms with van der Waals surface area (Å²) in [5.41, 5.74) is 0. The van der Waals surface area contributed by atoms with E-state index >= 15 is 0 Å². The SMILES string of the molecule is O=C1CCN2CCC(=O)NC2=N1. The van der Waals surface area contributed by atoms with Gasteiger partial charge in [0.05, 0.1) is 0 Å². The van der Waals surface area contributed by atoms with Gasteiger partial charge in [0.25, 0.3) is 5.91 Å². The second kappa shape index (κ2) is 2.58. The van der Waals surface area contributed by atoms with E-state index in [1.807, 2.05) is 4.90 Å². The van der Waals surface area contributed by atoms with E-state index in [4.69, 9.17) is 0 Å². The molecule has 0 radical (unpaired) electrons. The standard InChI is InChI=1S/C7H9N3O2/c11-5-1-3-10-4-2-6(12)9-7(10)8-5/h1-4H2,(H,8,9,11,12). The predicted octanol–water partition coefficient (Wildman–Crippen LogP) is -0.905. The average Bonchev–Trinajstić information content (AvgIpc) is 2.03. The molecule has 2 aliphatic rings. The van der Waals surface area contributed by atoms with Crippen LogP contribution in [0.5, 0.6) is 0 Å². The highest BCUT2D eigenvalue weighted by Crippen LogP contribution is 2.07. The van der Waals surface area contributed by atoms with E-state index in [0.717, 1.165) is 0 Å². The molecule has 0 unspecified atom stereocenters.